The lowest BCUT2D eigenvalue weighted by Gasteiger charge is -2.17. The van der Waals surface area contributed by atoms with Crippen molar-refractivity contribution in [2.75, 3.05) is 13.7 Å². The van der Waals surface area contributed by atoms with E-state index in [9.17, 15) is 18.4 Å². The fourth-order valence-corrected chi connectivity index (χ4v) is 3.19. The van der Waals surface area contributed by atoms with Crippen LogP contribution in [0, 0.1) is 0 Å². The molecule has 0 aliphatic heterocycles. The molecule has 1 aromatic carbocycles. The number of benzene rings is 1. The van der Waals surface area contributed by atoms with Gasteiger partial charge in [-0.25, -0.2) is 9.78 Å². The minimum absolute atomic E-state index is 0.0324. The maximum atomic E-state index is 12.2. The van der Waals surface area contributed by atoms with E-state index in [2.05, 4.69) is 14.7 Å². The molecule has 3 rings (SSSR count). The molecule has 156 valence electrons. The Kier molecular flexibility index (Phi) is 7.02. The van der Waals surface area contributed by atoms with Gasteiger partial charge >= 0.3 is 12.6 Å². The minimum Gasteiger partial charge on any atom is -0.451 e. The number of alkyl halides is 2. The van der Waals surface area contributed by atoms with Gasteiger partial charge in [-0.05, 0) is 29.8 Å². The van der Waals surface area contributed by atoms with Gasteiger partial charge in [-0.15, -0.1) is 11.3 Å². The standard InChI is InChI=1S/C20H17F2N3O4S/c1-25(10-13-5-7-14(8-6-13)29-20(21)22)17(26)11-28-19(27)16-12-30-18(24-16)15-4-2-3-9-23-15/h2-9,12,20H,10-11H2,1H3. The Labute approximate surface area is 174 Å². The number of nitrogens with zero attached hydrogens (tertiary/aromatic N) is 3. The molecule has 0 spiro atoms. The summed E-state index contributed by atoms with van der Waals surface area (Å²) in [6.45, 7) is -3.13. The number of amides is 1. The third kappa shape index (κ3) is 5.80. The maximum absolute atomic E-state index is 12.2. The highest BCUT2D eigenvalue weighted by molar-refractivity contribution is 7.13. The number of esters is 1. The SMILES string of the molecule is CN(Cc1ccc(OC(F)F)cc1)C(=O)COC(=O)c1csc(-c2ccccn2)n1. The molecular weight excluding hydrogens is 416 g/mol. The average molecular weight is 433 g/mol. The molecule has 0 radical (unpaired) electrons. The fraction of sp³-hybridized carbons (Fsp3) is 0.200. The fourth-order valence-electron chi connectivity index (χ4n) is 2.42. The lowest BCUT2D eigenvalue weighted by Crippen LogP contribution is -2.30. The van der Waals surface area contributed by atoms with E-state index in [4.69, 9.17) is 4.74 Å². The number of likely N-dealkylation sites (N-methyl/N-ethyl adjacent to an activating group) is 1. The Morgan fingerprint density at radius 3 is 2.60 bits per heavy atom. The van der Waals surface area contributed by atoms with Gasteiger partial charge in [0.25, 0.3) is 5.91 Å². The molecule has 0 bridgehead atoms. The van der Waals surface area contributed by atoms with Crippen molar-refractivity contribution < 1.29 is 27.8 Å². The second-order valence-corrected chi connectivity index (χ2v) is 6.96. The number of carbonyl (C=O) groups excluding carboxylic acids is 2. The van der Waals surface area contributed by atoms with Crippen molar-refractivity contribution in [1.29, 1.82) is 0 Å². The van der Waals surface area contributed by atoms with Gasteiger partial charge < -0.3 is 14.4 Å². The molecule has 0 atom stereocenters. The van der Waals surface area contributed by atoms with E-state index in [1.807, 2.05) is 6.07 Å². The highest BCUT2D eigenvalue weighted by atomic mass is 32.1. The largest absolute Gasteiger partial charge is 0.451 e. The van der Waals surface area contributed by atoms with Crippen LogP contribution in [0.4, 0.5) is 8.78 Å². The van der Waals surface area contributed by atoms with Crippen LogP contribution >= 0.6 is 11.3 Å². The van der Waals surface area contributed by atoms with E-state index in [1.165, 1.54) is 28.4 Å². The van der Waals surface area contributed by atoms with Crippen LogP contribution in [-0.4, -0.2) is 47.0 Å². The van der Waals surface area contributed by atoms with Crippen LogP contribution in [-0.2, 0) is 16.1 Å². The third-order valence-electron chi connectivity index (χ3n) is 3.92. The first kappa shape index (κ1) is 21.3. The monoisotopic (exact) mass is 433 g/mol. The summed E-state index contributed by atoms with van der Waals surface area (Å²) < 4.78 is 33.7. The van der Waals surface area contributed by atoms with Gasteiger partial charge in [-0.1, -0.05) is 18.2 Å². The summed E-state index contributed by atoms with van der Waals surface area (Å²) in [5.74, 6) is -1.09. The summed E-state index contributed by atoms with van der Waals surface area (Å²) in [5, 5.41) is 2.12. The summed E-state index contributed by atoms with van der Waals surface area (Å²) in [6.07, 6.45) is 1.63. The molecule has 0 saturated carbocycles. The first-order valence-electron chi connectivity index (χ1n) is 8.74. The zero-order chi connectivity index (χ0) is 21.5. The number of carbonyl (C=O) groups is 2. The molecule has 30 heavy (non-hydrogen) atoms. The minimum atomic E-state index is -2.90. The quantitative estimate of drug-likeness (QED) is 0.505. The molecule has 1 amide bonds. The number of halogens is 2. The zero-order valence-corrected chi connectivity index (χ0v) is 16.6. The second kappa shape index (κ2) is 9.88. The van der Waals surface area contributed by atoms with Crippen LogP contribution in [0.2, 0.25) is 0 Å². The highest BCUT2D eigenvalue weighted by Gasteiger charge is 2.17. The zero-order valence-electron chi connectivity index (χ0n) is 15.8. The molecular formula is C20H17F2N3O4S. The molecule has 10 heteroatoms. The molecule has 0 fully saturated rings. The third-order valence-corrected chi connectivity index (χ3v) is 4.78. The predicted octanol–water partition coefficient (Wildman–Crippen LogP) is 3.62. The molecule has 0 unspecified atom stereocenters. The van der Waals surface area contributed by atoms with Gasteiger partial charge in [0, 0.05) is 25.2 Å². The van der Waals surface area contributed by atoms with Gasteiger partial charge in [0.1, 0.15) is 10.8 Å². The van der Waals surface area contributed by atoms with E-state index in [1.54, 1.807) is 42.9 Å². The van der Waals surface area contributed by atoms with Crippen LogP contribution in [0.15, 0.2) is 54.0 Å². The molecule has 2 heterocycles. The molecule has 0 saturated heterocycles. The van der Waals surface area contributed by atoms with Gasteiger partial charge in [-0.2, -0.15) is 8.78 Å². The number of hydrogen-bond acceptors (Lipinski definition) is 7. The van der Waals surface area contributed by atoms with Crippen LogP contribution in [0.3, 0.4) is 0 Å². The Morgan fingerprint density at radius 1 is 1.17 bits per heavy atom. The molecule has 7 nitrogen and oxygen atoms in total. The number of aromatic nitrogens is 2. The summed E-state index contributed by atoms with van der Waals surface area (Å²) in [4.78, 5) is 34.1. The number of hydrogen-bond donors (Lipinski definition) is 0. The number of pyridine rings is 1. The van der Waals surface area contributed by atoms with Gasteiger partial charge in [-0.3, -0.25) is 9.78 Å². The maximum Gasteiger partial charge on any atom is 0.387 e. The average Bonchev–Trinajstić information content (AvgIpc) is 3.24. The molecule has 0 N–H and O–H groups in total. The van der Waals surface area contributed by atoms with E-state index in [0.29, 0.717) is 16.3 Å². The van der Waals surface area contributed by atoms with Crippen LogP contribution in [0.5, 0.6) is 5.75 Å². The Bertz CT molecular complexity index is 997. The van der Waals surface area contributed by atoms with Crippen LogP contribution < -0.4 is 4.74 Å². The highest BCUT2D eigenvalue weighted by Crippen LogP contribution is 2.21. The van der Waals surface area contributed by atoms with Crippen molar-refractivity contribution in [2.24, 2.45) is 0 Å². The number of ether oxygens (including phenoxy) is 2. The smallest absolute Gasteiger partial charge is 0.387 e. The van der Waals surface area contributed by atoms with Crippen LogP contribution in [0.25, 0.3) is 10.7 Å². The van der Waals surface area contributed by atoms with Crippen molar-refractivity contribution >= 4 is 23.2 Å². The Balaban J connectivity index is 1.50. The van der Waals surface area contributed by atoms with Gasteiger partial charge in [0.05, 0.1) is 5.69 Å². The molecule has 0 aliphatic rings. The number of rotatable bonds is 8. The molecule has 2 aromatic heterocycles. The van der Waals surface area contributed by atoms with Gasteiger partial charge in [0.2, 0.25) is 0 Å². The lowest BCUT2D eigenvalue weighted by molar-refractivity contribution is -0.133. The van der Waals surface area contributed by atoms with Crippen molar-refractivity contribution in [2.45, 2.75) is 13.2 Å². The lowest BCUT2D eigenvalue weighted by atomic mass is 10.2. The first-order chi connectivity index (χ1) is 14.4. The molecule has 3 aromatic rings. The van der Waals surface area contributed by atoms with E-state index < -0.39 is 25.1 Å². The summed E-state index contributed by atoms with van der Waals surface area (Å²) >= 11 is 1.25. The van der Waals surface area contributed by atoms with E-state index in [-0.39, 0.29) is 18.0 Å². The topological polar surface area (TPSA) is 81.6 Å². The summed E-state index contributed by atoms with van der Waals surface area (Å²) in [6, 6.07) is 11.3. The van der Waals surface area contributed by atoms with Crippen molar-refractivity contribution in [3.63, 3.8) is 0 Å². The number of thiazole rings is 1. The van der Waals surface area contributed by atoms with E-state index in [0.717, 1.165) is 0 Å². The Hall–Kier alpha value is -3.40. The van der Waals surface area contributed by atoms with E-state index >= 15 is 0 Å². The van der Waals surface area contributed by atoms with Crippen molar-refractivity contribution in [3.05, 3.63) is 65.3 Å². The normalized spacial score (nSPS) is 10.7. The Morgan fingerprint density at radius 2 is 1.93 bits per heavy atom. The predicted molar refractivity (Wildman–Crippen MR) is 105 cm³/mol. The van der Waals surface area contributed by atoms with Crippen LogP contribution in [0.1, 0.15) is 16.1 Å². The second-order valence-electron chi connectivity index (χ2n) is 6.10. The first-order valence-corrected chi connectivity index (χ1v) is 9.62. The summed E-state index contributed by atoms with van der Waals surface area (Å²) in [5.41, 5.74) is 1.45. The summed E-state index contributed by atoms with van der Waals surface area (Å²) in [7, 11) is 1.54. The van der Waals surface area contributed by atoms with Gasteiger partial charge in [0.15, 0.2) is 12.3 Å². The van der Waals surface area contributed by atoms with Crippen molar-refractivity contribution in [1.82, 2.24) is 14.9 Å². The molecule has 0 aliphatic carbocycles. The van der Waals surface area contributed by atoms with Crippen molar-refractivity contribution in [3.8, 4) is 16.5 Å².